The van der Waals surface area contributed by atoms with E-state index in [9.17, 15) is 13.6 Å². The van der Waals surface area contributed by atoms with E-state index in [0.717, 1.165) is 23.4 Å². The van der Waals surface area contributed by atoms with Gasteiger partial charge in [-0.1, -0.05) is 12.1 Å². The summed E-state index contributed by atoms with van der Waals surface area (Å²) < 4.78 is 37.6. The maximum Gasteiger partial charge on any atom is 0.323 e. The van der Waals surface area contributed by atoms with E-state index >= 15 is 0 Å². The summed E-state index contributed by atoms with van der Waals surface area (Å²) in [5, 5.41) is 2.20. The van der Waals surface area contributed by atoms with Crippen molar-refractivity contribution in [3.63, 3.8) is 0 Å². The van der Waals surface area contributed by atoms with Crippen LogP contribution < -0.4 is 14.8 Å². The molecule has 1 heterocycles. The predicted molar refractivity (Wildman–Crippen MR) is 96.8 cm³/mol. The second-order valence-electron chi connectivity index (χ2n) is 5.55. The van der Waals surface area contributed by atoms with Crippen LogP contribution in [0.4, 0.5) is 19.3 Å². The number of benzene rings is 2. The standard InChI is InChI=1S/C18H18F2N2O3S/c1-24-15-5-3-4-12(16(15)25-2)17-22(8-9-26-17)18(23)21-14-7-6-11(19)10-13(14)20/h3-7,10,17H,8-9H2,1-2H3,(H,21,23)/t17-/m1/s1. The quantitative estimate of drug-likeness (QED) is 0.861. The number of methoxy groups -OCH3 is 2. The summed E-state index contributed by atoms with van der Waals surface area (Å²) in [7, 11) is 3.09. The number of halogens is 2. The molecule has 1 fully saturated rings. The van der Waals surface area contributed by atoms with Crippen LogP contribution in [0.15, 0.2) is 36.4 Å². The zero-order valence-electron chi connectivity index (χ0n) is 14.3. The lowest BCUT2D eigenvalue weighted by molar-refractivity contribution is 0.213. The molecular weight excluding hydrogens is 362 g/mol. The highest BCUT2D eigenvalue weighted by Crippen LogP contribution is 2.45. The Morgan fingerprint density at radius 3 is 2.73 bits per heavy atom. The molecule has 1 saturated heterocycles. The SMILES string of the molecule is COc1cccc([C@H]2SCCN2C(=O)Nc2ccc(F)cc2F)c1OC. The Morgan fingerprint density at radius 2 is 2.04 bits per heavy atom. The van der Waals surface area contributed by atoms with Crippen molar-refractivity contribution in [2.75, 3.05) is 31.8 Å². The number of nitrogens with one attached hydrogen (secondary N) is 1. The van der Waals surface area contributed by atoms with Gasteiger partial charge in [-0.2, -0.15) is 0 Å². The zero-order chi connectivity index (χ0) is 18.7. The van der Waals surface area contributed by atoms with Crippen LogP contribution >= 0.6 is 11.8 Å². The molecule has 5 nitrogen and oxygen atoms in total. The number of carbonyl (C=O) groups excluding carboxylic acids is 1. The summed E-state index contributed by atoms with van der Waals surface area (Å²) in [5.41, 5.74) is 0.730. The largest absolute Gasteiger partial charge is 0.493 e. The molecule has 2 amide bonds. The Labute approximate surface area is 154 Å². The van der Waals surface area contributed by atoms with Crippen LogP contribution in [-0.2, 0) is 0 Å². The van der Waals surface area contributed by atoms with Gasteiger partial charge in [0.25, 0.3) is 0 Å². The number of urea groups is 1. The molecule has 0 unspecified atom stereocenters. The first-order valence-corrected chi connectivity index (χ1v) is 8.95. The molecule has 1 aliphatic heterocycles. The van der Waals surface area contributed by atoms with Crippen molar-refractivity contribution in [1.82, 2.24) is 4.90 Å². The molecule has 26 heavy (non-hydrogen) atoms. The highest BCUT2D eigenvalue weighted by atomic mass is 32.2. The van der Waals surface area contributed by atoms with E-state index < -0.39 is 17.7 Å². The van der Waals surface area contributed by atoms with E-state index in [1.165, 1.54) is 6.07 Å². The fourth-order valence-electron chi connectivity index (χ4n) is 2.82. The molecule has 0 saturated carbocycles. The minimum atomic E-state index is -0.819. The normalized spacial score (nSPS) is 16.5. The second-order valence-corrected chi connectivity index (χ2v) is 6.74. The molecule has 1 aliphatic rings. The molecule has 1 N–H and O–H groups in total. The minimum absolute atomic E-state index is 0.0651. The van der Waals surface area contributed by atoms with Gasteiger partial charge in [-0.25, -0.2) is 13.6 Å². The van der Waals surface area contributed by atoms with Crippen molar-refractivity contribution in [3.8, 4) is 11.5 Å². The Morgan fingerprint density at radius 1 is 1.23 bits per heavy atom. The van der Waals surface area contributed by atoms with Gasteiger partial charge in [-0.15, -0.1) is 11.8 Å². The lowest BCUT2D eigenvalue weighted by Crippen LogP contribution is -2.34. The predicted octanol–water partition coefficient (Wildman–Crippen LogP) is 4.26. The number of ether oxygens (including phenoxy) is 2. The monoisotopic (exact) mass is 380 g/mol. The highest BCUT2D eigenvalue weighted by Gasteiger charge is 2.33. The number of rotatable bonds is 4. The van der Waals surface area contributed by atoms with Gasteiger partial charge in [0.15, 0.2) is 11.5 Å². The fraction of sp³-hybridized carbons (Fsp3) is 0.278. The van der Waals surface area contributed by atoms with Crippen LogP contribution in [0.25, 0.3) is 0 Å². The summed E-state index contributed by atoms with van der Waals surface area (Å²) in [6.45, 7) is 0.490. The number of anilines is 1. The van der Waals surface area contributed by atoms with E-state index in [0.29, 0.717) is 18.0 Å². The highest BCUT2D eigenvalue weighted by molar-refractivity contribution is 7.99. The minimum Gasteiger partial charge on any atom is -0.493 e. The third-order valence-corrected chi connectivity index (χ3v) is 5.27. The molecule has 0 aliphatic carbocycles. The molecule has 0 bridgehead atoms. The van der Waals surface area contributed by atoms with E-state index in [-0.39, 0.29) is 11.1 Å². The Bertz CT molecular complexity index is 819. The molecule has 2 aromatic carbocycles. The van der Waals surface area contributed by atoms with Crippen LogP contribution in [0.5, 0.6) is 11.5 Å². The zero-order valence-corrected chi connectivity index (χ0v) is 15.1. The second kappa shape index (κ2) is 7.82. The molecule has 3 rings (SSSR count). The Kier molecular flexibility index (Phi) is 5.51. The number of hydrogen-bond acceptors (Lipinski definition) is 4. The number of thioether (sulfide) groups is 1. The maximum absolute atomic E-state index is 13.8. The van der Waals surface area contributed by atoms with Gasteiger partial charge in [0, 0.05) is 23.9 Å². The molecule has 0 aromatic heterocycles. The molecule has 138 valence electrons. The van der Waals surface area contributed by atoms with Crippen molar-refractivity contribution < 1.29 is 23.0 Å². The summed E-state index contributed by atoms with van der Waals surface area (Å²) in [4.78, 5) is 14.2. The van der Waals surface area contributed by atoms with Gasteiger partial charge < -0.3 is 19.7 Å². The fourth-order valence-corrected chi connectivity index (χ4v) is 4.09. The van der Waals surface area contributed by atoms with E-state index in [2.05, 4.69) is 5.32 Å². The molecule has 1 atom stereocenters. The number of para-hydroxylation sites is 1. The van der Waals surface area contributed by atoms with Gasteiger partial charge in [0.2, 0.25) is 0 Å². The smallest absolute Gasteiger partial charge is 0.323 e. The summed E-state index contributed by atoms with van der Waals surface area (Å²) in [5.74, 6) is 0.337. The molecule has 8 heteroatoms. The van der Waals surface area contributed by atoms with Crippen molar-refractivity contribution in [2.24, 2.45) is 0 Å². The van der Waals surface area contributed by atoms with Crippen LogP contribution in [0.2, 0.25) is 0 Å². The summed E-state index contributed by atoms with van der Waals surface area (Å²) in [6.07, 6.45) is 0. The molecular formula is C18H18F2N2O3S. The van der Waals surface area contributed by atoms with E-state index in [1.54, 1.807) is 36.9 Å². The average molecular weight is 380 g/mol. The van der Waals surface area contributed by atoms with Crippen LogP contribution in [0.1, 0.15) is 10.9 Å². The summed E-state index contributed by atoms with van der Waals surface area (Å²) >= 11 is 1.57. The maximum atomic E-state index is 13.8. The third kappa shape index (κ3) is 3.55. The van der Waals surface area contributed by atoms with Crippen LogP contribution in [-0.4, -0.2) is 37.4 Å². The molecule has 2 aromatic rings. The lowest BCUT2D eigenvalue weighted by atomic mass is 10.1. The van der Waals surface area contributed by atoms with Gasteiger partial charge in [-0.05, 0) is 18.2 Å². The van der Waals surface area contributed by atoms with Gasteiger partial charge >= 0.3 is 6.03 Å². The summed E-state index contributed by atoms with van der Waals surface area (Å²) in [6, 6.07) is 8.04. The van der Waals surface area contributed by atoms with Crippen molar-refractivity contribution in [3.05, 3.63) is 53.6 Å². The third-order valence-electron chi connectivity index (χ3n) is 4.02. The van der Waals surface area contributed by atoms with E-state index in [4.69, 9.17) is 9.47 Å². The Hall–Kier alpha value is -2.48. The Balaban J connectivity index is 1.85. The number of amides is 2. The molecule has 0 spiro atoms. The average Bonchev–Trinajstić information content (AvgIpc) is 3.12. The molecule has 0 radical (unpaired) electrons. The number of hydrogen-bond donors (Lipinski definition) is 1. The van der Waals surface area contributed by atoms with E-state index in [1.807, 2.05) is 12.1 Å². The number of carbonyl (C=O) groups is 1. The van der Waals surface area contributed by atoms with Crippen molar-refractivity contribution in [1.29, 1.82) is 0 Å². The van der Waals surface area contributed by atoms with Gasteiger partial charge in [-0.3, -0.25) is 0 Å². The lowest BCUT2D eigenvalue weighted by Gasteiger charge is -2.26. The topological polar surface area (TPSA) is 50.8 Å². The van der Waals surface area contributed by atoms with Crippen molar-refractivity contribution in [2.45, 2.75) is 5.37 Å². The van der Waals surface area contributed by atoms with Gasteiger partial charge in [0.1, 0.15) is 17.0 Å². The van der Waals surface area contributed by atoms with Crippen LogP contribution in [0.3, 0.4) is 0 Å². The first kappa shape index (κ1) is 18.3. The number of nitrogens with zero attached hydrogens (tertiary/aromatic N) is 1. The first-order chi connectivity index (χ1) is 12.5. The van der Waals surface area contributed by atoms with Crippen molar-refractivity contribution >= 4 is 23.5 Å². The first-order valence-electron chi connectivity index (χ1n) is 7.90. The van der Waals surface area contributed by atoms with Crippen LogP contribution in [0, 0.1) is 11.6 Å². The van der Waals surface area contributed by atoms with Gasteiger partial charge in [0.05, 0.1) is 19.9 Å².